The highest BCUT2D eigenvalue weighted by Crippen LogP contribution is 2.12. The van der Waals surface area contributed by atoms with E-state index in [1.807, 2.05) is 38.4 Å². The first-order valence-corrected chi connectivity index (χ1v) is 6.91. The number of rotatable bonds is 9. The Morgan fingerprint density at radius 2 is 2.00 bits per heavy atom. The highest BCUT2D eigenvalue weighted by atomic mass is 16.5. The summed E-state index contributed by atoms with van der Waals surface area (Å²) in [5.74, 6) is 0.603. The minimum absolute atomic E-state index is 0.213. The zero-order chi connectivity index (χ0) is 15.7. The Balaban J connectivity index is 2.35. The van der Waals surface area contributed by atoms with Gasteiger partial charge in [-0.3, -0.25) is 4.79 Å². The second kappa shape index (κ2) is 9.33. The van der Waals surface area contributed by atoms with Crippen molar-refractivity contribution < 1.29 is 14.3 Å². The van der Waals surface area contributed by atoms with Crippen LogP contribution in [0.3, 0.4) is 0 Å². The number of hydrogen-bond donors (Lipinski definition) is 2. The number of nitrogens with two attached hydrogens (primary N) is 1. The van der Waals surface area contributed by atoms with E-state index in [9.17, 15) is 4.79 Å². The third-order valence-electron chi connectivity index (χ3n) is 2.88. The predicted octanol–water partition coefficient (Wildman–Crippen LogP) is 0.217. The van der Waals surface area contributed by atoms with Crippen LogP contribution in [-0.4, -0.2) is 57.8 Å². The molecule has 0 aliphatic heterocycles. The summed E-state index contributed by atoms with van der Waals surface area (Å²) in [5.41, 5.74) is 6.63. The van der Waals surface area contributed by atoms with E-state index in [0.717, 1.165) is 17.9 Å². The van der Waals surface area contributed by atoms with Gasteiger partial charge < -0.3 is 25.4 Å². The monoisotopic (exact) mass is 295 g/mol. The molecule has 21 heavy (non-hydrogen) atoms. The third kappa shape index (κ3) is 7.08. The fourth-order valence-corrected chi connectivity index (χ4v) is 1.63. The summed E-state index contributed by atoms with van der Waals surface area (Å²) in [5, 5.41) is 2.77. The molecule has 0 saturated heterocycles. The van der Waals surface area contributed by atoms with Gasteiger partial charge in [-0.15, -0.1) is 0 Å². The van der Waals surface area contributed by atoms with Gasteiger partial charge in [0.25, 0.3) is 0 Å². The highest BCUT2D eigenvalue weighted by Gasteiger charge is 2.12. The maximum atomic E-state index is 11.6. The molecule has 1 unspecified atom stereocenters. The van der Waals surface area contributed by atoms with E-state index in [1.54, 1.807) is 0 Å². The van der Waals surface area contributed by atoms with Gasteiger partial charge in [0.1, 0.15) is 18.4 Å². The smallest absolute Gasteiger partial charge is 0.239 e. The second-order valence-electron chi connectivity index (χ2n) is 5.08. The van der Waals surface area contributed by atoms with Crippen molar-refractivity contribution in [2.24, 2.45) is 5.73 Å². The molecule has 0 bridgehead atoms. The lowest BCUT2D eigenvalue weighted by Crippen LogP contribution is -2.43. The Kier molecular flexibility index (Phi) is 7.74. The molecule has 3 N–H and O–H groups in total. The van der Waals surface area contributed by atoms with Gasteiger partial charge in [0.15, 0.2) is 0 Å². The molecule has 0 aliphatic carbocycles. The molecule has 1 rings (SSSR count). The topological polar surface area (TPSA) is 76.8 Å². The van der Waals surface area contributed by atoms with Gasteiger partial charge >= 0.3 is 0 Å². The number of hydrogen-bond acceptors (Lipinski definition) is 5. The van der Waals surface area contributed by atoms with Crippen molar-refractivity contribution in [1.29, 1.82) is 0 Å². The van der Waals surface area contributed by atoms with E-state index in [0.29, 0.717) is 13.2 Å². The summed E-state index contributed by atoms with van der Waals surface area (Å²) in [6, 6.07) is 7.00. The average molecular weight is 295 g/mol. The Bertz CT molecular complexity index is 421. The van der Waals surface area contributed by atoms with Crippen molar-refractivity contribution in [3.8, 4) is 5.75 Å². The van der Waals surface area contributed by atoms with Crippen LogP contribution in [0, 0.1) is 0 Å². The van der Waals surface area contributed by atoms with Gasteiger partial charge in [0, 0.05) is 20.2 Å². The van der Waals surface area contributed by atoms with Crippen LogP contribution in [0.4, 0.5) is 0 Å². The molecule has 0 aliphatic rings. The maximum Gasteiger partial charge on any atom is 0.239 e. The van der Waals surface area contributed by atoms with Crippen LogP contribution in [0.5, 0.6) is 5.75 Å². The molecular formula is C15H25N3O3. The highest BCUT2D eigenvalue weighted by molar-refractivity contribution is 5.81. The van der Waals surface area contributed by atoms with E-state index < -0.39 is 6.04 Å². The fourth-order valence-electron chi connectivity index (χ4n) is 1.63. The van der Waals surface area contributed by atoms with Crippen molar-refractivity contribution in [3.63, 3.8) is 0 Å². The number of nitrogens with one attached hydrogen (secondary N) is 1. The molecule has 1 aromatic carbocycles. The van der Waals surface area contributed by atoms with Crippen molar-refractivity contribution in [2.45, 2.75) is 12.6 Å². The van der Waals surface area contributed by atoms with Crippen LogP contribution in [-0.2, 0) is 16.1 Å². The molecular weight excluding hydrogens is 270 g/mol. The van der Waals surface area contributed by atoms with Crippen molar-refractivity contribution in [1.82, 2.24) is 10.2 Å². The number of benzene rings is 1. The Morgan fingerprint density at radius 3 is 2.57 bits per heavy atom. The fraction of sp³-hybridized carbons (Fsp3) is 0.533. The zero-order valence-electron chi connectivity index (χ0n) is 13.0. The number of carbonyl (C=O) groups excluding carboxylic acids is 1. The molecule has 1 atom stereocenters. The lowest BCUT2D eigenvalue weighted by Gasteiger charge is -2.12. The molecule has 118 valence electrons. The largest absolute Gasteiger partial charge is 0.492 e. The van der Waals surface area contributed by atoms with Crippen LogP contribution >= 0.6 is 0 Å². The molecule has 0 saturated carbocycles. The Labute approximate surface area is 126 Å². The quantitative estimate of drug-likeness (QED) is 0.681. The summed E-state index contributed by atoms with van der Waals surface area (Å²) in [4.78, 5) is 13.7. The summed E-state index contributed by atoms with van der Waals surface area (Å²) in [6.07, 6.45) is 0. The third-order valence-corrected chi connectivity index (χ3v) is 2.88. The summed E-state index contributed by atoms with van der Waals surface area (Å²) >= 11 is 0. The van der Waals surface area contributed by atoms with Gasteiger partial charge in [-0.05, 0) is 31.8 Å². The summed E-state index contributed by atoms with van der Waals surface area (Å²) in [7, 11) is 5.52. The van der Waals surface area contributed by atoms with Gasteiger partial charge in [-0.25, -0.2) is 0 Å². The lowest BCUT2D eigenvalue weighted by molar-refractivity contribution is -0.123. The molecule has 6 nitrogen and oxygen atoms in total. The zero-order valence-corrected chi connectivity index (χ0v) is 13.0. The molecule has 1 amide bonds. The van der Waals surface area contributed by atoms with E-state index in [1.165, 1.54) is 7.11 Å². The SMILES string of the molecule is COCC(N)C(=O)NCc1ccc(OCCN(C)C)cc1. The first-order valence-electron chi connectivity index (χ1n) is 6.91. The first-order chi connectivity index (χ1) is 10.0. The van der Waals surface area contributed by atoms with Gasteiger partial charge in [0.2, 0.25) is 5.91 Å². The van der Waals surface area contributed by atoms with Crippen LogP contribution in [0.15, 0.2) is 24.3 Å². The van der Waals surface area contributed by atoms with Gasteiger partial charge in [0.05, 0.1) is 6.61 Å². The number of methoxy groups -OCH3 is 1. The lowest BCUT2D eigenvalue weighted by atomic mass is 10.2. The average Bonchev–Trinajstić information content (AvgIpc) is 2.46. The molecule has 0 heterocycles. The Morgan fingerprint density at radius 1 is 1.33 bits per heavy atom. The number of ether oxygens (including phenoxy) is 2. The van der Waals surface area contributed by atoms with Gasteiger partial charge in [-0.2, -0.15) is 0 Å². The van der Waals surface area contributed by atoms with Gasteiger partial charge in [-0.1, -0.05) is 12.1 Å². The summed E-state index contributed by atoms with van der Waals surface area (Å²) in [6.45, 7) is 2.17. The van der Waals surface area contributed by atoms with E-state index in [4.69, 9.17) is 15.2 Å². The normalized spacial score (nSPS) is 12.2. The van der Waals surface area contributed by atoms with Crippen molar-refractivity contribution in [3.05, 3.63) is 29.8 Å². The Hall–Kier alpha value is -1.63. The number of amides is 1. The standard InChI is InChI=1S/C15H25N3O3/c1-18(2)8-9-21-13-6-4-12(5-7-13)10-17-15(19)14(16)11-20-3/h4-7,14H,8-11,16H2,1-3H3,(H,17,19). The van der Waals surface area contributed by atoms with E-state index >= 15 is 0 Å². The van der Waals surface area contributed by atoms with Crippen molar-refractivity contribution in [2.75, 3.05) is 41.0 Å². The minimum Gasteiger partial charge on any atom is -0.492 e. The van der Waals surface area contributed by atoms with Crippen LogP contribution in [0.25, 0.3) is 0 Å². The van der Waals surface area contributed by atoms with Crippen LogP contribution in [0.1, 0.15) is 5.56 Å². The minimum atomic E-state index is -0.636. The second-order valence-corrected chi connectivity index (χ2v) is 5.08. The molecule has 6 heteroatoms. The van der Waals surface area contributed by atoms with Crippen LogP contribution < -0.4 is 15.8 Å². The molecule has 0 fully saturated rings. The molecule has 1 aromatic rings. The molecule has 0 aromatic heterocycles. The molecule has 0 spiro atoms. The predicted molar refractivity (Wildman–Crippen MR) is 82.2 cm³/mol. The van der Waals surface area contributed by atoms with Crippen molar-refractivity contribution >= 4 is 5.91 Å². The number of nitrogens with zero attached hydrogens (tertiary/aromatic N) is 1. The number of likely N-dealkylation sites (N-methyl/N-ethyl adjacent to an activating group) is 1. The van der Waals surface area contributed by atoms with E-state index in [2.05, 4.69) is 10.2 Å². The maximum absolute atomic E-state index is 11.6. The van der Waals surface area contributed by atoms with E-state index in [-0.39, 0.29) is 12.5 Å². The van der Waals surface area contributed by atoms with Crippen LogP contribution in [0.2, 0.25) is 0 Å². The molecule has 0 radical (unpaired) electrons. The summed E-state index contributed by atoms with van der Waals surface area (Å²) < 4.78 is 10.4. The first kappa shape index (κ1) is 17.4. The number of carbonyl (C=O) groups is 1.